The highest BCUT2D eigenvalue weighted by Gasteiger charge is 2.39. The van der Waals surface area contributed by atoms with E-state index < -0.39 is 24.8 Å². The summed E-state index contributed by atoms with van der Waals surface area (Å²) in [6, 6.07) is 0. The molecule has 2 unspecified atom stereocenters. The van der Waals surface area contributed by atoms with Gasteiger partial charge in [-0.15, -0.1) is 0 Å². The van der Waals surface area contributed by atoms with Gasteiger partial charge in [0, 0.05) is 7.11 Å². The number of aliphatic hydroxyl groups is 1. The van der Waals surface area contributed by atoms with Crippen molar-refractivity contribution in [3.63, 3.8) is 0 Å². The molecule has 2 atom stereocenters. The van der Waals surface area contributed by atoms with E-state index in [1.54, 1.807) is 6.92 Å². The summed E-state index contributed by atoms with van der Waals surface area (Å²) in [5.41, 5.74) is 0. The van der Waals surface area contributed by atoms with Crippen molar-refractivity contribution in [1.29, 1.82) is 0 Å². The second kappa shape index (κ2) is 4.79. The average molecular weight is 240 g/mol. The molecule has 5 nitrogen and oxygen atoms in total. The number of methoxy groups -OCH3 is 1. The normalized spacial score (nSPS) is 16.1. The van der Waals surface area contributed by atoms with E-state index in [4.69, 9.17) is 9.84 Å². The third kappa shape index (κ3) is 3.17. The van der Waals surface area contributed by atoms with Crippen LogP contribution in [0.1, 0.15) is 24.7 Å². The van der Waals surface area contributed by atoms with Gasteiger partial charge in [-0.2, -0.15) is 18.2 Å². The molecule has 0 aromatic carbocycles. The molecule has 0 fully saturated rings. The number of nitrogens with zero attached hydrogens (tertiary/aromatic N) is 2. The van der Waals surface area contributed by atoms with E-state index in [-0.39, 0.29) is 11.7 Å². The lowest BCUT2D eigenvalue weighted by Gasteiger charge is -2.11. The predicted molar refractivity (Wildman–Crippen MR) is 45.5 cm³/mol. The predicted octanol–water partition coefficient (Wildman–Crippen LogP) is 1.24. The minimum atomic E-state index is -4.69. The zero-order valence-electron chi connectivity index (χ0n) is 8.65. The van der Waals surface area contributed by atoms with Crippen molar-refractivity contribution >= 4 is 0 Å². The molecule has 1 aromatic heterocycles. The van der Waals surface area contributed by atoms with Gasteiger partial charge in [-0.1, -0.05) is 5.16 Å². The fourth-order valence-electron chi connectivity index (χ4n) is 0.903. The van der Waals surface area contributed by atoms with Gasteiger partial charge in [0.1, 0.15) is 6.10 Å². The molecule has 1 aromatic rings. The summed E-state index contributed by atoms with van der Waals surface area (Å²) in [6.45, 7) is 1.62. The molecular weight excluding hydrogens is 229 g/mol. The van der Waals surface area contributed by atoms with Gasteiger partial charge in [0.15, 0.2) is 11.9 Å². The van der Waals surface area contributed by atoms with Gasteiger partial charge in [-0.3, -0.25) is 0 Å². The van der Waals surface area contributed by atoms with Crippen LogP contribution in [0.3, 0.4) is 0 Å². The van der Waals surface area contributed by atoms with Crippen LogP contribution in [-0.4, -0.2) is 34.6 Å². The molecule has 0 aliphatic rings. The van der Waals surface area contributed by atoms with Crippen molar-refractivity contribution < 1.29 is 27.5 Å². The maximum atomic E-state index is 12.0. The Balaban J connectivity index is 2.66. The van der Waals surface area contributed by atoms with Crippen molar-refractivity contribution in [2.75, 3.05) is 7.11 Å². The number of halogens is 3. The first kappa shape index (κ1) is 12.9. The first-order valence-corrected chi connectivity index (χ1v) is 4.44. The zero-order chi connectivity index (χ0) is 12.3. The molecule has 0 aliphatic heterocycles. The fraction of sp³-hybridized carbons (Fsp3) is 0.750. The van der Waals surface area contributed by atoms with E-state index in [0.717, 1.165) is 0 Å². The van der Waals surface area contributed by atoms with Crippen molar-refractivity contribution in [3.05, 3.63) is 11.7 Å². The molecule has 0 amide bonds. The zero-order valence-corrected chi connectivity index (χ0v) is 8.65. The minimum absolute atomic E-state index is 0.145. The first-order valence-electron chi connectivity index (χ1n) is 4.44. The van der Waals surface area contributed by atoms with Gasteiger partial charge in [-0.25, -0.2) is 0 Å². The van der Waals surface area contributed by atoms with Crippen molar-refractivity contribution in [3.8, 4) is 0 Å². The van der Waals surface area contributed by atoms with Crippen LogP contribution in [0.2, 0.25) is 0 Å². The van der Waals surface area contributed by atoms with E-state index in [1.807, 2.05) is 0 Å². The largest absolute Gasteiger partial charge is 0.414 e. The van der Waals surface area contributed by atoms with E-state index >= 15 is 0 Å². The number of hydrogen-bond acceptors (Lipinski definition) is 5. The molecule has 0 radical (unpaired) electrons. The minimum Gasteiger partial charge on any atom is -0.383 e. The summed E-state index contributed by atoms with van der Waals surface area (Å²) >= 11 is 0. The topological polar surface area (TPSA) is 68.4 Å². The molecule has 0 aliphatic carbocycles. The highest BCUT2D eigenvalue weighted by atomic mass is 19.4. The van der Waals surface area contributed by atoms with Gasteiger partial charge in [0.05, 0.1) is 6.42 Å². The van der Waals surface area contributed by atoms with E-state index in [1.165, 1.54) is 7.11 Å². The van der Waals surface area contributed by atoms with Gasteiger partial charge in [-0.05, 0) is 6.92 Å². The van der Waals surface area contributed by atoms with Gasteiger partial charge < -0.3 is 14.4 Å². The highest BCUT2D eigenvalue weighted by Crippen LogP contribution is 2.23. The molecule has 0 spiro atoms. The van der Waals surface area contributed by atoms with Crippen LogP contribution < -0.4 is 0 Å². The molecule has 1 N–H and O–H groups in total. The summed E-state index contributed by atoms with van der Waals surface area (Å²) in [6.07, 6.45) is -8.42. The molecular formula is C8H11F3N2O3. The van der Waals surface area contributed by atoms with E-state index in [0.29, 0.717) is 0 Å². The molecule has 0 bridgehead atoms. The Morgan fingerprint density at radius 2 is 2.12 bits per heavy atom. The molecule has 1 rings (SSSR count). The Bertz CT molecular complexity index is 340. The van der Waals surface area contributed by atoms with Crippen LogP contribution in [0, 0.1) is 0 Å². The third-order valence-electron chi connectivity index (χ3n) is 1.95. The van der Waals surface area contributed by atoms with E-state index in [9.17, 15) is 13.2 Å². The lowest BCUT2D eigenvalue weighted by molar-refractivity contribution is -0.204. The molecule has 16 heavy (non-hydrogen) atoms. The molecule has 0 saturated heterocycles. The number of aromatic nitrogens is 2. The molecule has 92 valence electrons. The SMILES string of the molecule is COC(C)c1noc(CC(O)C(F)(F)F)n1. The number of alkyl halides is 3. The smallest absolute Gasteiger partial charge is 0.383 e. The lowest BCUT2D eigenvalue weighted by Crippen LogP contribution is -2.30. The highest BCUT2D eigenvalue weighted by molar-refractivity contribution is 4.92. The third-order valence-corrected chi connectivity index (χ3v) is 1.95. The number of ether oxygens (including phenoxy) is 1. The number of aliphatic hydroxyl groups excluding tert-OH is 1. The van der Waals surface area contributed by atoms with Crippen molar-refractivity contribution in [2.24, 2.45) is 0 Å². The monoisotopic (exact) mass is 240 g/mol. The first-order chi connectivity index (χ1) is 7.34. The van der Waals surface area contributed by atoms with Crippen LogP contribution in [0.25, 0.3) is 0 Å². The lowest BCUT2D eigenvalue weighted by atomic mass is 10.2. The molecule has 1 heterocycles. The van der Waals surface area contributed by atoms with Crippen LogP contribution in [0.4, 0.5) is 13.2 Å². The summed E-state index contributed by atoms with van der Waals surface area (Å²) in [5.74, 6) is -0.129. The molecule has 0 saturated carbocycles. The number of rotatable bonds is 4. The second-order valence-electron chi connectivity index (χ2n) is 3.19. The average Bonchev–Trinajstić information content (AvgIpc) is 2.63. The van der Waals surface area contributed by atoms with Crippen molar-refractivity contribution in [2.45, 2.75) is 31.7 Å². The Labute approximate surface area is 89.2 Å². The van der Waals surface area contributed by atoms with Crippen molar-refractivity contribution in [1.82, 2.24) is 10.1 Å². The van der Waals surface area contributed by atoms with Crippen LogP contribution in [0.15, 0.2) is 4.52 Å². The van der Waals surface area contributed by atoms with Gasteiger partial charge in [0.25, 0.3) is 0 Å². The maximum Gasteiger partial charge on any atom is 0.414 e. The summed E-state index contributed by atoms with van der Waals surface area (Å²) < 4.78 is 45.4. The standard InChI is InChI=1S/C8H11F3N2O3/c1-4(15-2)7-12-6(16-13-7)3-5(14)8(9,10)11/h4-5,14H,3H2,1-2H3. The summed E-state index contributed by atoms with van der Waals surface area (Å²) in [4.78, 5) is 3.67. The van der Waals surface area contributed by atoms with Crippen LogP contribution in [0.5, 0.6) is 0 Å². The Kier molecular flexibility index (Phi) is 3.87. The Morgan fingerprint density at radius 3 is 2.62 bits per heavy atom. The fourth-order valence-corrected chi connectivity index (χ4v) is 0.903. The van der Waals surface area contributed by atoms with Gasteiger partial charge >= 0.3 is 6.18 Å². The van der Waals surface area contributed by atoms with Gasteiger partial charge in [0.2, 0.25) is 5.89 Å². The molecule has 8 heteroatoms. The second-order valence-corrected chi connectivity index (χ2v) is 3.19. The number of hydrogen-bond donors (Lipinski definition) is 1. The Morgan fingerprint density at radius 1 is 1.50 bits per heavy atom. The van der Waals surface area contributed by atoms with Crippen LogP contribution in [-0.2, 0) is 11.2 Å². The van der Waals surface area contributed by atoms with E-state index in [2.05, 4.69) is 14.7 Å². The summed E-state index contributed by atoms with van der Waals surface area (Å²) in [7, 11) is 1.41. The van der Waals surface area contributed by atoms with Crippen LogP contribution >= 0.6 is 0 Å². The Hall–Kier alpha value is -1.15. The maximum absolute atomic E-state index is 12.0. The summed E-state index contributed by atoms with van der Waals surface area (Å²) in [5, 5.41) is 12.2. The quantitative estimate of drug-likeness (QED) is 0.857.